The topological polar surface area (TPSA) is 130 Å². The van der Waals surface area contributed by atoms with Crippen molar-refractivity contribution in [3.05, 3.63) is 0 Å². The Balaban J connectivity index is 4.25. The molecule has 10 heteroatoms. The SMILES string of the molecule is CC(=O)N[C@@H](CS)C(=O)NCC(=O)N[C@@H](CS)C(N)=O. The molecule has 0 aliphatic rings. The minimum atomic E-state index is -0.904. The van der Waals surface area contributed by atoms with Crippen molar-refractivity contribution < 1.29 is 19.2 Å². The second-order valence-electron chi connectivity index (χ2n) is 3.86. The van der Waals surface area contributed by atoms with Gasteiger partial charge in [-0.15, -0.1) is 0 Å². The summed E-state index contributed by atoms with van der Waals surface area (Å²) < 4.78 is 0. The van der Waals surface area contributed by atoms with Crippen molar-refractivity contribution >= 4 is 48.9 Å². The second kappa shape index (κ2) is 9.48. The Bertz CT molecular complexity index is 391. The molecule has 4 amide bonds. The maximum Gasteiger partial charge on any atom is 0.243 e. The molecule has 0 aliphatic carbocycles. The molecule has 0 radical (unpaired) electrons. The minimum Gasteiger partial charge on any atom is -0.368 e. The van der Waals surface area contributed by atoms with E-state index in [2.05, 4.69) is 41.2 Å². The number of carbonyl (C=O) groups is 4. The zero-order valence-corrected chi connectivity index (χ0v) is 12.7. The smallest absolute Gasteiger partial charge is 0.243 e. The third-order valence-corrected chi connectivity index (χ3v) is 2.89. The van der Waals surface area contributed by atoms with Gasteiger partial charge >= 0.3 is 0 Å². The molecule has 0 aliphatic heterocycles. The van der Waals surface area contributed by atoms with Gasteiger partial charge in [0, 0.05) is 18.4 Å². The van der Waals surface area contributed by atoms with Gasteiger partial charge in [0.25, 0.3) is 0 Å². The molecule has 0 aromatic heterocycles. The minimum absolute atomic E-state index is 0.0557. The van der Waals surface area contributed by atoms with Crippen molar-refractivity contribution in [2.75, 3.05) is 18.1 Å². The second-order valence-corrected chi connectivity index (χ2v) is 4.59. The molecule has 0 saturated carbocycles. The average Bonchev–Trinajstić information content (AvgIpc) is 2.38. The largest absolute Gasteiger partial charge is 0.368 e. The van der Waals surface area contributed by atoms with Crippen LogP contribution in [0.5, 0.6) is 0 Å². The molecule has 0 aromatic carbocycles. The number of hydrogen-bond acceptors (Lipinski definition) is 6. The number of nitrogens with two attached hydrogens (primary N) is 1. The van der Waals surface area contributed by atoms with Gasteiger partial charge in [-0.3, -0.25) is 19.2 Å². The van der Waals surface area contributed by atoms with Crippen molar-refractivity contribution in [3.8, 4) is 0 Å². The first-order valence-electron chi connectivity index (χ1n) is 5.67. The maximum absolute atomic E-state index is 11.6. The van der Waals surface area contributed by atoms with E-state index in [1.165, 1.54) is 6.92 Å². The highest BCUT2D eigenvalue weighted by Crippen LogP contribution is 1.89. The van der Waals surface area contributed by atoms with Gasteiger partial charge in [0.05, 0.1) is 6.54 Å². The van der Waals surface area contributed by atoms with E-state index in [1.54, 1.807) is 0 Å². The van der Waals surface area contributed by atoms with E-state index in [1.807, 2.05) is 0 Å². The van der Waals surface area contributed by atoms with E-state index >= 15 is 0 Å². The Morgan fingerprint density at radius 2 is 1.60 bits per heavy atom. The van der Waals surface area contributed by atoms with Crippen molar-refractivity contribution in [1.82, 2.24) is 16.0 Å². The lowest BCUT2D eigenvalue weighted by molar-refractivity contribution is -0.130. The van der Waals surface area contributed by atoms with Crippen LogP contribution in [-0.2, 0) is 19.2 Å². The Kier molecular flexibility index (Phi) is 8.81. The van der Waals surface area contributed by atoms with Crippen LogP contribution in [0.15, 0.2) is 0 Å². The molecule has 0 fully saturated rings. The van der Waals surface area contributed by atoms with Crippen LogP contribution in [0.4, 0.5) is 0 Å². The third kappa shape index (κ3) is 7.24. The molecular formula is C10H18N4O4S2. The van der Waals surface area contributed by atoms with Gasteiger partial charge in [-0.05, 0) is 0 Å². The van der Waals surface area contributed by atoms with Crippen LogP contribution >= 0.6 is 25.3 Å². The first kappa shape index (κ1) is 18.6. The third-order valence-electron chi connectivity index (χ3n) is 2.16. The summed E-state index contributed by atoms with van der Waals surface area (Å²) in [5.74, 6) is -2.09. The molecule has 0 bridgehead atoms. The summed E-state index contributed by atoms with van der Waals surface area (Å²) in [5.41, 5.74) is 5.03. The molecule has 20 heavy (non-hydrogen) atoms. The van der Waals surface area contributed by atoms with Crippen molar-refractivity contribution in [3.63, 3.8) is 0 Å². The molecule has 0 aromatic rings. The fraction of sp³-hybridized carbons (Fsp3) is 0.600. The fourth-order valence-corrected chi connectivity index (χ4v) is 1.71. The molecule has 0 rings (SSSR count). The lowest BCUT2D eigenvalue weighted by Gasteiger charge is -2.16. The number of carbonyl (C=O) groups excluding carboxylic acids is 4. The summed E-state index contributed by atoms with van der Waals surface area (Å²) in [5, 5.41) is 7.00. The zero-order chi connectivity index (χ0) is 15.7. The highest BCUT2D eigenvalue weighted by Gasteiger charge is 2.20. The van der Waals surface area contributed by atoms with Crippen LogP contribution < -0.4 is 21.7 Å². The molecule has 0 unspecified atom stereocenters. The normalized spacial score (nSPS) is 12.9. The van der Waals surface area contributed by atoms with Crippen LogP contribution in [-0.4, -0.2) is 53.8 Å². The van der Waals surface area contributed by atoms with E-state index in [4.69, 9.17) is 5.73 Å². The summed E-state index contributed by atoms with van der Waals surface area (Å²) in [7, 11) is 0. The van der Waals surface area contributed by atoms with E-state index in [0.717, 1.165) is 0 Å². The highest BCUT2D eigenvalue weighted by molar-refractivity contribution is 7.80. The Labute approximate surface area is 127 Å². The van der Waals surface area contributed by atoms with Gasteiger partial charge in [0.2, 0.25) is 23.6 Å². The summed E-state index contributed by atoms with van der Waals surface area (Å²) in [6, 6.07) is -1.74. The molecule has 114 valence electrons. The van der Waals surface area contributed by atoms with E-state index in [0.29, 0.717) is 0 Å². The van der Waals surface area contributed by atoms with Crippen LogP contribution in [0, 0.1) is 0 Å². The quantitative estimate of drug-likeness (QED) is 0.274. The van der Waals surface area contributed by atoms with Crippen molar-refractivity contribution in [2.45, 2.75) is 19.0 Å². The van der Waals surface area contributed by atoms with E-state index in [-0.39, 0.29) is 24.0 Å². The van der Waals surface area contributed by atoms with Crippen LogP contribution in [0.3, 0.4) is 0 Å². The van der Waals surface area contributed by atoms with Gasteiger partial charge < -0.3 is 21.7 Å². The number of amides is 4. The van der Waals surface area contributed by atoms with Gasteiger partial charge in [-0.2, -0.15) is 25.3 Å². The number of nitrogens with one attached hydrogen (secondary N) is 3. The molecule has 0 heterocycles. The van der Waals surface area contributed by atoms with E-state index in [9.17, 15) is 19.2 Å². The number of hydrogen-bond donors (Lipinski definition) is 6. The van der Waals surface area contributed by atoms with Gasteiger partial charge in [-0.25, -0.2) is 0 Å². The Morgan fingerprint density at radius 1 is 1.05 bits per heavy atom. The lowest BCUT2D eigenvalue weighted by atomic mass is 10.3. The van der Waals surface area contributed by atoms with Gasteiger partial charge in [-0.1, -0.05) is 0 Å². The monoisotopic (exact) mass is 322 g/mol. The number of thiol groups is 2. The molecule has 5 N–H and O–H groups in total. The van der Waals surface area contributed by atoms with Crippen molar-refractivity contribution in [1.29, 1.82) is 0 Å². The average molecular weight is 322 g/mol. The van der Waals surface area contributed by atoms with Gasteiger partial charge in [0.1, 0.15) is 12.1 Å². The fourth-order valence-electron chi connectivity index (χ4n) is 1.18. The van der Waals surface area contributed by atoms with E-state index < -0.39 is 29.8 Å². The Morgan fingerprint density at radius 3 is 2.00 bits per heavy atom. The van der Waals surface area contributed by atoms with Crippen LogP contribution in [0.2, 0.25) is 0 Å². The van der Waals surface area contributed by atoms with Crippen LogP contribution in [0.1, 0.15) is 6.92 Å². The van der Waals surface area contributed by atoms with Gasteiger partial charge in [0.15, 0.2) is 0 Å². The Hall–Kier alpha value is -1.42. The number of primary amides is 1. The molecule has 0 spiro atoms. The first-order chi connectivity index (χ1) is 9.31. The summed E-state index contributed by atoms with van der Waals surface area (Å²) in [6.45, 7) is 0.917. The summed E-state index contributed by atoms with van der Waals surface area (Å²) >= 11 is 7.79. The first-order valence-corrected chi connectivity index (χ1v) is 6.93. The standard InChI is InChI=1S/C10H18N4O4S2/c1-5(15)13-7(4-20)10(18)12-2-8(16)14-6(3-19)9(11)17/h6-7,19-20H,2-4H2,1H3,(H2,11,17)(H,12,18)(H,13,15)(H,14,16)/t6-,7-/m0/s1. The zero-order valence-electron chi connectivity index (χ0n) is 10.9. The molecule has 0 saturated heterocycles. The summed E-state index contributed by atoms with van der Waals surface area (Å²) in [6.07, 6.45) is 0. The lowest BCUT2D eigenvalue weighted by Crippen LogP contribution is -2.52. The predicted octanol–water partition coefficient (Wildman–Crippen LogP) is -2.56. The van der Waals surface area contributed by atoms with Crippen LogP contribution in [0.25, 0.3) is 0 Å². The van der Waals surface area contributed by atoms with Crippen molar-refractivity contribution in [2.24, 2.45) is 5.73 Å². The highest BCUT2D eigenvalue weighted by atomic mass is 32.1. The molecule has 8 nitrogen and oxygen atoms in total. The molecular weight excluding hydrogens is 304 g/mol. The molecule has 2 atom stereocenters. The predicted molar refractivity (Wildman–Crippen MR) is 79.4 cm³/mol. The number of rotatable bonds is 8. The maximum atomic E-state index is 11.6. The summed E-state index contributed by atoms with van der Waals surface area (Å²) in [4.78, 5) is 44.9.